The molecule has 0 bridgehead atoms. The summed E-state index contributed by atoms with van der Waals surface area (Å²) in [5.74, 6) is 0.621. The van der Waals surface area contributed by atoms with Crippen LogP contribution in [0.5, 0.6) is 5.75 Å². The number of hydrogen-bond donors (Lipinski definition) is 0. The molecule has 0 fully saturated rings. The monoisotopic (exact) mass is 522 g/mol. The Morgan fingerprint density at radius 1 is 0.917 bits per heavy atom. The quantitative estimate of drug-likeness (QED) is 0.268. The fourth-order valence-corrected chi connectivity index (χ4v) is 4.08. The number of carbonyl (C=O) groups excluding carboxylic acids is 1. The van der Waals surface area contributed by atoms with Crippen LogP contribution in [0.3, 0.4) is 0 Å². The third kappa shape index (κ3) is 6.08. The van der Waals surface area contributed by atoms with Crippen molar-refractivity contribution in [3.63, 3.8) is 0 Å². The van der Waals surface area contributed by atoms with E-state index < -0.39 is 0 Å². The van der Waals surface area contributed by atoms with E-state index in [0.29, 0.717) is 40.2 Å². The van der Waals surface area contributed by atoms with Gasteiger partial charge in [0.25, 0.3) is 5.91 Å². The maximum Gasteiger partial charge on any atom is 0.272 e. The summed E-state index contributed by atoms with van der Waals surface area (Å²) in [5.41, 5.74) is 3.68. The van der Waals surface area contributed by atoms with Crippen molar-refractivity contribution in [3.8, 4) is 22.7 Å². The van der Waals surface area contributed by atoms with Gasteiger partial charge in [0, 0.05) is 25.2 Å². The minimum atomic E-state index is -0.126. The highest BCUT2D eigenvalue weighted by Crippen LogP contribution is 2.28. The maximum atomic E-state index is 14.0. The van der Waals surface area contributed by atoms with Gasteiger partial charge < -0.3 is 14.5 Å². The Hall–Kier alpha value is -3.32. The molecule has 0 aliphatic heterocycles. The van der Waals surface area contributed by atoms with Crippen molar-refractivity contribution in [3.05, 3.63) is 100 Å². The largest absolute Gasteiger partial charge is 0.497 e. The normalized spacial score (nSPS) is 11.1. The number of likely N-dealkylation sites (N-methyl/N-ethyl adjacent to an activating group) is 1. The first-order valence-electron chi connectivity index (χ1n) is 11.5. The summed E-state index contributed by atoms with van der Waals surface area (Å²) in [7, 11) is 5.61. The summed E-state index contributed by atoms with van der Waals surface area (Å²) in [6.45, 7) is 1.77. The fourth-order valence-electron chi connectivity index (χ4n) is 3.79. The van der Waals surface area contributed by atoms with E-state index in [9.17, 15) is 4.79 Å². The van der Waals surface area contributed by atoms with E-state index >= 15 is 0 Å². The van der Waals surface area contributed by atoms with Gasteiger partial charge in [-0.1, -0.05) is 53.5 Å². The van der Waals surface area contributed by atoms with Crippen molar-refractivity contribution in [2.75, 3.05) is 34.3 Å². The first-order valence-corrected chi connectivity index (χ1v) is 12.3. The van der Waals surface area contributed by atoms with Crippen molar-refractivity contribution >= 4 is 29.1 Å². The van der Waals surface area contributed by atoms with Crippen LogP contribution in [0.1, 0.15) is 16.1 Å². The van der Waals surface area contributed by atoms with E-state index in [0.717, 1.165) is 23.4 Å². The smallest absolute Gasteiger partial charge is 0.272 e. The minimum absolute atomic E-state index is 0.126. The number of nitrogens with zero attached hydrogens (tertiary/aromatic N) is 4. The number of methoxy groups -OCH3 is 1. The molecule has 0 spiro atoms. The molecule has 1 amide bonds. The van der Waals surface area contributed by atoms with Crippen LogP contribution in [-0.2, 0) is 6.54 Å². The number of carbonyl (C=O) groups is 1. The lowest BCUT2D eigenvalue weighted by atomic mass is 10.1. The van der Waals surface area contributed by atoms with Crippen LogP contribution in [-0.4, -0.2) is 59.8 Å². The molecule has 0 aliphatic rings. The molecule has 1 aromatic heterocycles. The molecule has 4 rings (SSSR count). The zero-order valence-corrected chi connectivity index (χ0v) is 22.0. The minimum Gasteiger partial charge on any atom is -0.497 e. The van der Waals surface area contributed by atoms with Crippen LogP contribution in [0, 0.1) is 0 Å². The Morgan fingerprint density at radius 2 is 1.64 bits per heavy atom. The van der Waals surface area contributed by atoms with Crippen molar-refractivity contribution in [1.29, 1.82) is 0 Å². The molecule has 36 heavy (non-hydrogen) atoms. The van der Waals surface area contributed by atoms with Crippen LogP contribution >= 0.6 is 23.2 Å². The first-order chi connectivity index (χ1) is 17.4. The van der Waals surface area contributed by atoms with Gasteiger partial charge in [0.1, 0.15) is 11.4 Å². The van der Waals surface area contributed by atoms with Crippen molar-refractivity contribution in [1.82, 2.24) is 19.6 Å². The molecule has 186 valence electrons. The predicted molar refractivity (Wildman–Crippen MR) is 145 cm³/mol. The SMILES string of the molecule is COc1ccc(-c2cc(C(=O)N(CCN(C)C)Cc3ccccc3)n(-c3ccc(Cl)c(Cl)c3)n2)cc1. The van der Waals surface area contributed by atoms with Crippen molar-refractivity contribution < 1.29 is 9.53 Å². The number of amides is 1. The Labute approximate surface area is 221 Å². The Bertz CT molecular complexity index is 1320. The highest BCUT2D eigenvalue weighted by Gasteiger charge is 2.24. The van der Waals surface area contributed by atoms with Gasteiger partial charge in [0.05, 0.1) is 28.5 Å². The van der Waals surface area contributed by atoms with Gasteiger partial charge in [-0.05, 0) is 68.2 Å². The molecule has 0 aliphatic carbocycles. The molecule has 4 aromatic rings. The van der Waals surface area contributed by atoms with E-state index in [1.54, 1.807) is 30.0 Å². The third-order valence-electron chi connectivity index (χ3n) is 5.78. The zero-order chi connectivity index (χ0) is 25.7. The molecule has 8 heteroatoms. The van der Waals surface area contributed by atoms with E-state index in [1.807, 2.05) is 79.7 Å². The van der Waals surface area contributed by atoms with Gasteiger partial charge in [-0.15, -0.1) is 0 Å². The number of ether oxygens (including phenoxy) is 1. The van der Waals surface area contributed by atoms with Crippen LogP contribution in [0.2, 0.25) is 10.0 Å². The molecule has 0 N–H and O–H groups in total. The third-order valence-corrected chi connectivity index (χ3v) is 6.52. The molecule has 1 heterocycles. The van der Waals surface area contributed by atoms with E-state index in [2.05, 4.69) is 4.90 Å². The second kappa shape index (κ2) is 11.6. The van der Waals surface area contributed by atoms with Crippen LogP contribution in [0.25, 0.3) is 16.9 Å². The van der Waals surface area contributed by atoms with Gasteiger partial charge in [0.15, 0.2) is 0 Å². The Morgan fingerprint density at radius 3 is 2.28 bits per heavy atom. The lowest BCUT2D eigenvalue weighted by molar-refractivity contribution is 0.0722. The Balaban J connectivity index is 1.78. The summed E-state index contributed by atoms with van der Waals surface area (Å²) < 4.78 is 6.92. The number of rotatable bonds is 9. The van der Waals surface area contributed by atoms with E-state index in [1.165, 1.54) is 0 Å². The van der Waals surface area contributed by atoms with Gasteiger partial charge in [-0.2, -0.15) is 5.10 Å². The standard InChI is InChI=1S/C28H28Cl2N4O2/c1-32(2)15-16-33(19-20-7-5-4-6-8-20)28(35)27-18-26(21-9-12-23(36-3)13-10-21)31-34(27)22-11-14-24(29)25(30)17-22/h4-14,17-18H,15-16,19H2,1-3H3. The van der Waals surface area contributed by atoms with E-state index in [-0.39, 0.29) is 5.91 Å². The summed E-state index contributed by atoms with van der Waals surface area (Å²) in [6, 6.07) is 24.6. The second-order valence-corrected chi connectivity index (χ2v) is 9.48. The topological polar surface area (TPSA) is 50.6 Å². The van der Waals surface area contributed by atoms with Crippen LogP contribution in [0.4, 0.5) is 0 Å². The number of aromatic nitrogens is 2. The molecule has 0 radical (unpaired) electrons. The summed E-state index contributed by atoms with van der Waals surface area (Å²) in [4.78, 5) is 17.9. The molecular weight excluding hydrogens is 495 g/mol. The molecule has 0 unspecified atom stereocenters. The molecule has 6 nitrogen and oxygen atoms in total. The molecule has 0 saturated carbocycles. The lowest BCUT2D eigenvalue weighted by Gasteiger charge is -2.25. The number of halogens is 2. The fraction of sp³-hybridized carbons (Fsp3) is 0.214. The van der Waals surface area contributed by atoms with Crippen LogP contribution < -0.4 is 4.74 Å². The molecular formula is C28H28Cl2N4O2. The molecule has 0 atom stereocenters. The van der Waals surface area contributed by atoms with Gasteiger partial charge >= 0.3 is 0 Å². The highest BCUT2D eigenvalue weighted by molar-refractivity contribution is 6.42. The highest BCUT2D eigenvalue weighted by atomic mass is 35.5. The predicted octanol–water partition coefficient (Wildman–Crippen LogP) is 6.06. The zero-order valence-electron chi connectivity index (χ0n) is 20.5. The number of benzene rings is 3. The average molecular weight is 523 g/mol. The lowest BCUT2D eigenvalue weighted by Crippen LogP contribution is -2.37. The van der Waals surface area contributed by atoms with Crippen LogP contribution in [0.15, 0.2) is 78.9 Å². The van der Waals surface area contributed by atoms with Crippen molar-refractivity contribution in [2.24, 2.45) is 0 Å². The molecule has 3 aromatic carbocycles. The summed E-state index contributed by atoms with van der Waals surface area (Å²) in [6.07, 6.45) is 0. The summed E-state index contributed by atoms with van der Waals surface area (Å²) >= 11 is 12.5. The summed E-state index contributed by atoms with van der Waals surface area (Å²) in [5, 5.41) is 5.63. The van der Waals surface area contributed by atoms with E-state index in [4.69, 9.17) is 33.0 Å². The maximum absolute atomic E-state index is 14.0. The molecule has 0 saturated heterocycles. The Kier molecular flexibility index (Phi) is 8.31. The van der Waals surface area contributed by atoms with Crippen molar-refractivity contribution in [2.45, 2.75) is 6.54 Å². The van der Waals surface area contributed by atoms with Gasteiger partial charge in [-0.25, -0.2) is 4.68 Å². The van der Waals surface area contributed by atoms with Gasteiger partial charge in [-0.3, -0.25) is 4.79 Å². The second-order valence-electron chi connectivity index (χ2n) is 8.67. The number of hydrogen-bond acceptors (Lipinski definition) is 4. The van der Waals surface area contributed by atoms with Gasteiger partial charge in [0.2, 0.25) is 0 Å². The first kappa shape index (κ1) is 25.8. The average Bonchev–Trinajstić information content (AvgIpc) is 3.34.